The Labute approximate surface area is 119 Å². The Morgan fingerprint density at radius 2 is 2.10 bits per heavy atom. The summed E-state index contributed by atoms with van der Waals surface area (Å²) in [5.41, 5.74) is 0.630. The van der Waals surface area contributed by atoms with Crippen LogP contribution in [0.25, 0.3) is 0 Å². The lowest BCUT2D eigenvalue weighted by molar-refractivity contribution is 0.0967. The first-order chi connectivity index (χ1) is 9.76. The van der Waals surface area contributed by atoms with Crippen LogP contribution in [0.4, 0.5) is 0 Å². The number of Topliss-reactive ketones (excluding diaryl/α,β-unsaturated/α-hetero) is 1. The van der Waals surface area contributed by atoms with Gasteiger partial charge in [-0.15, -0.1) is 0 Å². The van der Waals surface area contributed by atoms with Crippen LogP contribution in [0.2, 0.25) is 0 Å². The van der Waals surface area contributed by atoms with E-state index in [0.29, 0.717) is 24.5 Å². The summed E-state index contributed by atoms with van der Waals surface area (Å²) in [4.78, 5) is 16.7. The lowest BCUT2D eigenvalue weighted by Crippen LogP contribution is -2.13. The van der Waals surface area contributed by atoms with Gasteiger partial charge >= 0.3 is 0 Å². The maximum absolute atomic E-state index is 12.4. The van der Waals surface area contributed by atoms with E-state index in [2.05, 4.69) is 11.9 Å². The lowest BCUT2D eigenvalue weighted by atomic mass is 10.1. The molecule has 0 aliphatic carbocycles. The molecular weight excluding hydrogens is 252 g/mol. The number of ether oxygens (including phenoxy) is 1. The van der Waals surface area contributed by atoms with Crippen molar-refractivity contribution in [1.82, 2.24) is 9.55 Å². The van der Waals surface area contributed by atoms with Gasteiger partial charge in [0.25, 0.3) is 0 Å². The number of carbonyl (C=O) groups excluding carboxylic acids is 1. The second-order valence-electron chi connectivity index (χ2n) is 4.57. The van der Waals surface area contributed by atoms with Crippen LogP contribution in [0.1, 0.15) is 36.5 Å². The van der Waals surface area contributed by atoms with Crippen molar-refractivity contribution in [3.05, 3.63) is 48.0 Å². The zero-order chi connectivity index (χ0) is 14.4. The van der Waals surface area contributed by atoms with Crippen LogP contribution in [-0.2, 0) is 13.0 Å². The van der Waals surface area contributed by atoms with Crippen LogP contribution in [0.15, 0.2) is 36.7 Å². The summed E-state index contributed by atoms with van der Waals surface area (Å²) >= 11 is 0. The molecule has 1 aromatic carbocycles. The van der Waals surface area contributed by atoms with Gasteiger partial charge in [0.1, 0.15) is 11.6 Å². The van der Waals surface area contributed by atoms with E-state index in [-0.39, 0.29) is 5.78 Å². The second-order valence-corrected chi connectivity index (χ2v) is 4.57. The average molecular weight is 272 g/mol. The minimum absolute atomic E-state index is 0.0457. The highest BCUT2D eigenvalue weighted by molar-refractivity contribution is 5.98. The van der Waals surface area contributed by atoms with Crippen molar-refractivity contribution in [3.8, 4) is 5.75 Å². The third-order valence-electron chi connectivity index (χ3n) is 3.08. The molecule has 1 aromatic heterocycles. The van der Waals surface area contributed by atoms with E-state index < -0.39 is 0 Å². The van der Waals surface area contributed by atoms with Crippen molar-refractivity contribution >= 4 is 5.78 Å². The maximum Gasteiger partial charge on any atom is 0.186 e. The first kappa shape index (κ1) is 14.3. The highest BCUT2D eigenvalue weighted by Gasteiger charge is 2.13. The Morgan fingerprint density at radius 1 is 1.30 bits per heavy atom. The Balaban J connectivity index is 2.17. The topological polar surface area (TPSA) is 44.1 Å². The number of aromatic nitrogens is 2. The minimum atomic E-state index is 0.0457. The third kappa shape index (κ3) is 3.26. The second kappa shape index (κ2) is 6.89. The van der Waals surface area contributed by atoms with E-state index in [9.17, 15) is 4.79 Å². The third-order valence-corrected chi connectivity index (χ3v) is 3.08. The summed E-state index contributed by atoms with van der Waals surface area (Å²) in [7, 11) is 0. The van der Waals surface area contributed by atoms with E-state index in [4.69, 9.17) is 4.74 Å². The van der Waals surface area contributed by atoms with Gasteiger partial charge in [0.15, 0.2) is 5.78 Å². The molecule has 0 fully saturated rings. The van der Waals surface area contributed by atoms with Crippen LogP contribution in [-0.4, -0.2) is 21.9 Å². The van der Waals surface area contributed by atoms with Crippen molar-refractivity contribution in [3.63, 3.8) is 0 Å². The summed E-state index contributed by atoms with van der Waals surface area (Å²) in [5.74, 6) is 1.65. The average Bonchev–Trinajstić information content (AvgIpc) is 2.87. The standard InChI is InChI=1S/C16H20N2O2/c1-3-7-16-17-10-11-18(16)12-14(19)13-8-5-6-9-15(13)20-4-2/h5-6,8-11H,3-4,7,12H2,1-2H3. The molecule has 0 N–H and O–H groups in total. The number of benzene rings is 1. The molecule has 0 aliphatic heterocycles. The van der Waals surface area contributed by atoms with E-state index >= 15 is 0 Å². The van der Waals surface area contributed by atoms with Crippen LogP contribution in [0.5, 0.6) is 5.75 Å². The van der Waals surface area contributed by atoms with Gasteiger partial charge in [-0.25, -0.2) is 4.98 Å². The molecule has 4 nitrogen and oxygen atoms in total. The van der Waals surface area contributed by atoms with Gasteiger partial charge in [0.2, 0.25) is 0 Å². The predicted octanol–water partition coefficient (Wildman–Crippen LogP) is 3.12. The molecule has 0 radical (unpaired) electrons. The van der Waals surface area contributed by atoms with Crippen molar-refractivity contribution in [2.45, 2.75) is 33.2 Å². The van der Waals surface area contributed by atoms with E-state index in [1.54, 1.807) is 6.20 Å². The van der Waals surface area contributed by atoms with Crippen LogP contribution < -0.4 is 4.74 Å². The number of carbonyl (C=O) groups is 1. The van der Waals surface area contributed by atoms with Crippen LogP contribution >= 0.6 is 0 Å². The number of hydrogen-bond donors (Lipinski definition) is 0. The van der Waals surface area contributed by atoms with Gasteiger partial charge in [0, 0.05) is 18.8 Å². The zero-order valence-electron chi connectivity index (χ0n) is 12.0. The van der Waals surface area contributed by atoms with Crippen molar-refractivity contribution in [2.75, 3.05) is 6.61 Å². The highest BCUT2D eigenvalue weighted by Crippen LogP contribution is 2.19. The molecule has 0 aliphatic rings. The zero-order valence-corrected chi connectivity index (χ0v) is 12.0. The molecule has 0 bridgehead atoms. The van der Waals surface area contributed by atoms with Gasteiger partial charge in [-0.05, 0) is 25.5 Å². The number of rotatable bonds is 7. The Hall–Kier alpha value is -2.10. The molecule has 0 spiro atoms. The number of ketones is 1. The Morgan fingerprint density at radius 3 is 2.85 bits per heavy atom. The molecular formula is C16H20N2O2. The van der Waals surface area contributed by atoms with Gasteiger partial charge in [-0.3, -0.25) is 4.79 Å². The molecule has 0 saturated heterocycles. The van der Waals surface area contributed by atoms with Crippen LogP contribution in [0, 0.1) is 0 Å². The molecule has 20 heavy (non-hydrogen) atoms. The molecule has 106 valence electrons. The van der Waals surface area contributed by atoms with Crippen molar-refractivity contribution < 1.29 is 9.53 Å². The number of imidazole rings is 1. The number of para-hydroxylation sites is 1. The van der Waals surface area contributed by atoms with Gasteiger partial charge < -0.3 is 9.30 Å². The summed E-state index contributed by atoms with van der Waals surface area (Å²) in [6.07, 6.45) is 5.49. The Bertz CT molecular complexity index is 575. The minimum Gasteiger partial charge on any atom is -0.493 e. The summed E-state index contributed by atoms with van der Waals surface area (Å²) < 4.78 is 7.42. The Kier molecular flexibility index (Phi) is 4.93. The van der Waals surface area contributed by atoms with Crippen LogP contribution in [0.3, 0.4) is 0 Å². The fourth-order valence-electron chi connectivity index (χ4n) is 2.15. The predicted molar refractivity (Wildman–Crippen MR) is 78.2 cm³/mol. The van der Waals surface area contributed by atoms with Gasteiger partial charge in [-0.1, -0.05) is 19.1 Å². The van der Waals surface area contributed by atoms with Gasteiger partial charge in [-0.2, -0.15) is 0 Å². The largest absolute Gasteiger partial charge is 0.493 e. The molecule has 2 rings (SSSR count). The summed E-state index contributed by atoms with van der Waals surface area (Å²) in [5, 5.41) is 0. The molecule has 0 amide bonds. The molecule has 0 atom stereocenters. The number of nitrogens with zero attached hydrogens (tertiary/aromatic N) is 2. The fraction of sp³-hybridized carbons (Fsp3) is 0.375. The lowest BCUT2D eigenvalue weighted by Gasteiger charge is -2.10. The first-order valence-corrected chi connectivity index (χ1v) is 7.01. The molecule has 0 unspecified atom stereocenters. The van der Waals surface area contributed by atoms with E-state index in [1.807, 2.05) is 42.0 Å². The number of hydrogen-bond acceptors (Lipinski definition) is 3. The monoisotopic (exact) mass is 272 g/mol. The first-order valence-electron chi connectivity index (χ1n) is 7.01. The molecule has 4 heteroatoms. The normalized spacial score (nSPS) is 10.5. The molecule has 2 aromatic rings. The smallest absolute Gasteiger partial charge is 0.186 e. The maximum atomic E-state index is 12.4. The van der Waals surface area contributed by atoms with Crippen molar-refractivity contribution in [2.24, 2.45) is 0 Å². The quantitative estimate of drug-likeness (QED) is 0.727. The van der Waals surface area contributed by atoms with E-state index in [0.717, 1.165) is 18.7 Å². The SMILES string of the molecule is CCCc1nccn1CC(=O)c1ccccc1OCC. The molecule has 1 heterocycles. The van der Waals surface area contributed by atoms with E-state index in [1.165, 1.54) is 0 Å². The fourth-order valence-corrected chi connectivity index (χ4v) is 2.15. The summed E-state index contributed by atoms with van der Waals surface area (Å²) in [6, 6.07) is 7.37. The van der Waals surface area contributed by atoms with Crippen molar-refractivity contribution in [1.29, 1.82) is 0 Å². The molecule has 0 saturated carbocycles. The number of aryl methyl sites for hydroxylation is 1. The summed E-state index contributed by atoms with van der Waals surface area (Å²) in [6.45, 7) is 4.87. The highest BCUT2D eigenvalue weighted by atomic mass is 16.5. The van der Waals surface area contributed by atoms with Gasteiger partial charge in [0.05, 0.1) is 18.7 Å².